The lowest BCUT2D eigenvalue weighted by molar-refractivity contribution is 0.0637. The summed E-state index contributed by atoms with van der Waals surface area (Å²) in [6, 6.07) is 5.90. The Labute approximate surface area is 115 Å². The maximum atomic E-state index is 5.78. The van der Waals surface area contributed by atoms with Gasteiger partial charge in [0.05, 0.1) is 25.9 Å². The molecule has 4 heteroatoms. The van der Waals surface area contributed by atoms with Crippen LogP contribution in [0.4, 0.5) is 5.69 Å². The Hall–Kier alpha value is -1.42. The summed E-state index contributed by atoms with van der Waals surface area (Å²) in [5, 5.41) is 3.39. The van der Waals surface area contributed by atoms with Gasteiger partial charge in [-0.2, -0.15) is 0 Å². The minimum absolute atomic E-state index is 0.313. The standard InChI is InChI=1S/C15H23NO3/c1-4-18-14-8-6-12(9-15(14)17-3)16-10-13-7-5-11(2)19-13/h6,8-9,11,13,16H,4-5,7,10H2,1-3H3. The number of rotatable bonds is 6. The number of nitrogens with one attached hydrogen (secondary N) is 1. The molecule has 0 spiro atoms. The van der Waals surface area contributed by atoms with Gasteiger partial charge in [0.2, 0.25) is 0 Å². The van der Waals surface area contributed by atoms with Crippen LogP contribution >= 0.6 is 0 Å². The third-order valence-corrected chi connectivity index (χ3v) is 3.32. The summed E-state index contributed by atoms with van der Waals surface area (Å²) in [4.78, 5) is 0. The van der Waals surface area contributed by atoms with Crippen LogP contribution in [0.15, 0.2) is 18.2 Å². The summed E-state index contributed by atoms with van der Waals surface area (Å²) in [7, 11) is 1.66. The minimum Gasteiger partial charge on any atom is -0.493 e. The Kier molecular flexibility index (Phi) is 4.91. The van der Waals surface area contributed by atoms with Crippen LogP contribution in [0.1, 0.15) is 26.7 Å². The third kappa shape index (κ3) is 3.77. The summed E-state index contributed by atoms with van der Waals surface area (Å²) in [6.07, 6.45) is 2.98. The van der Waals surface area contributed by atoms with Crippen LogP contribution in [0.5, 0.6) is 11.5 Å². The molecule has 1 aliphatic rings. The van der Waals surface area contributed by atoms with Crippen LogP contribution in [-0.2, 0) is 4.74 Å². The summed E-state index contributed by atoms with van der Waals surface area (Å²) < 4.78 is 16.6. The van der Waals surface area contributed by atoms with Crippen molar-refractivity contribution in [1.82, 2.24) is 0 Å². The van der Waals surface area contributed by atoms with Gasteiger partial charge in [-0.3, -0.25) is 0 Å². The highest BCUT2D eigenvalue weighted by molar-refractivity contribution is 5.54. The molecule has 1 N–H and O–H groups in total. The van der Waals surface area contributed by atoms with Crippen molar-refractivity contribution in [3.05, 3.63) is 18.2 Å². The molecule has 1 saturated heterocycles. The van der Waals surface area contributed by atoms with E-state index in [-0.39, 0.29) is 0 Å². The van der Waals surface area contributed by atoms with E-state index in [0.29, 0.717) is 18.8 Å². The monoisotopic (exact) mass is 265 g/mol. The maximum Gasteiger partial charge on any atom is 0.162 e. The zero-order valence-electron chi connectivity index (χ0n) is 11.9. The van der Waals surface area contributed by atoms with Gasteiger partial charge in [-0.1, -0.05) is 0 Å². The molecule has 4 nitrogen and oxygen atoms in total. The number of anilines is 1. The van der Waals surface area contributed by atoms with Gasteiger partial charge >= 0.3 is 0 Å². The topological polar surface area (TPSA) is 39.7 Å². The minimum atomic E-state index is 0.313. The normalized spacial score (nSPS) is 22.3. The largest absolute Gasteiger partial charge is 0.493 e. The molecule has 1 fully saturated rings. The highest BCUT2D eigenvalue weighted by atomic mass is 16.5. The van der Waals surface area contributed by atoms with E-state index in [1.165, 1.54) is 0 Å². The first-order valence-corrected chi connectivity index (χ1v) is 6.93. The van der Waals surface area contributed by atoms with Crippen LogP contribution < -0.4 is 14.8 Å². The lowest BCUT2D eigenvalue weighted by Crippen LogP contribution is -2.19. The molecule has 0 aromatic heterocycles. The van der Waals surface area contributed by atoms with Crippen molar-refractivity contribution in [2.45, 2.75) is 38.9 Å². The lowest BCUT2D eigenvalue weighted by atomic mass is 10.2. The number of benzene rings is 1. The Morgan fingerprint density at radius 1 is 1.32 bits per heavy atom. The molecule has 2 atom stereocenters. The third-order valence-electron chi connectivity index (χ3n) is 3.32. The molecule has 19 heavy (non-hydrogen) atoms. The Morgan fingerprint density at radius 3 is 2.79 bits per heavy atom. The molecular weight excluding hydrogens is 242 g/mol. The molecule has 106 valence electrons. The molecule has 2 rings (SSSR count). The van der Waals surface area contributed by atoms with Crippen molar-refractivity contribution in [2.75, 3.05) is 25.6 Å². The number of methoxy groups -OCH3 is 1. The first-order valence-electron chi connectivity index (χ1n) is 6.93. The van der Waals surface area contributed by atoms with Gasteiger partial charge in [-0.25, -0.2) is 0 Å². The van der Waals surface area contributed by atoms with Gasteiger partial charge < -0.3 is 19.5 Å². The van der Waals surface area contributed by atoms with Crippen LogP contribution in [-0.4, -0.2) is 32.5 Å². The molecule has 1 heterocycles. The molecule has 1 aliphatic heterocycles. The smallest absolute Gasteiger partial charge is 0.162 e. The van der Waals surface area contributed by atoms with Gasteiger partial charge in [0.25, 0.3) is 0 Å². The fourth-order valence-corrected chi connectivity index (χ4v) is 2.32. The summed E-state index contributed by atoms with van der Waals surface area (Å²) in [5.74, 6) is 1.54. The van der Waals surface area contributed by atoms with Crippen molar-refractivity contribution in [3.63, 3.8) is 0 Å². The fraction of sp³-hybridized carbons (Fsp3) is 0.600. The molecule has 0 bridgehead atoms. The van der Waals surface area contributed by atoms with Gasteiger partial charge in [-0.05, 0) is 38.8 Å². The summed E-state index contributed by atoms with van der Waals surface area (Å²) in [5.41, 5.74) is 1.03. The molecule has 0 radical (unpaired) electrons. The van der Waals surface area contributed by atoms with Gasteiger partial charge in [-0.15, -0.1) is 0 Å². The van der Waals surface area contributed by atoms with Gasteiger partial charge in [0.1, 0.15) is 0 Å². The quantitative estimate of drug-likeness (QED) is 0.858. The molecule has 0 aliphatic carbocycles. The molecular formula is C15H23NO3. The van der Waals surface area contributed by atoms with Crippen molar-refractivity contribution in [3.8, 4) is 11.5 Å². The zero-order chi connectivity index (χ0) is 13.7. The van der Waals surface area contributed by atoms with Crippen LogP contribution in [0, 0.1) is 0 Å². The Morgan fingerprint density at radius 2 is 2.16 bits per heavy atom. The Bertz CT molecular complexity index is 408. The van der Waals surface area contributed by atoms with E-state index >= 15 is 0 Å². The predicted octanol–water partition coefficient (Wildman–Crippen LogP) is 3.07. The lowest BCUT2D eigenvalue weighted by Gasteiger charge is -2.15. The maximum absolute atomic E-state index is 5.78. The van der Waals surface area contributed by atoms with E-state index in [9.17, 15) is 0 Å². The first-order chi connectivity index (χ1) is 9.22. The first kappa shape index (κ1) is 14.0. The number of hydrogen-bond donors (Lipinski definition) is 1. The van der Waals surface area contributed by atoms with E-state index in [1.807, 2.05) is 25.1 Å². The second kappa shape index (κ2) is 6.66. The number of hydrogen-bond acceptors (Lipinski definition) is 4. The van der Waals surface area contributed by atoms with E-state index in [0.717, 1.165) is 36.6 Å². The molecule has 2 unspecified atom stereocenters. The van der Waals surface area contributed by atoms with Crippen molar-refractivity contribution < 1.29 is 14.2 Å². The average Bonchev–Trinajstić information content (AvgIpc) is 2.83. The summed E-state index contributed by atoms with van der Waals surface area (Å²) >= 11 is 0. The molecule has 1 aromatic carbocycles. The van der Waals surface area contributed by atoms with Crippen molar-refractivity contribution in [2.24, 2.45) is 0 Å². The highest BCUT2D eigenvalue weighted by Crippen LogP contribution is 2.30. The van der Waals surface area contributed by atoms with Crippen LogP contribution in [0.25, 0.3) is 0 Å². The van der Waals surface area contributed by atoms with Gasteiger partial charge in [0, 0.05) is 18.3 Å². The number of ether oxygens (including phenoxy) is 3. The predicted molar refractivity (Wildman–Crippen MR) is 76.2 cm³/mol. The van der Waals surface area contributed by atoms with Crippen molar-refractivity contribution in [1.29, 1.82) is 0 Å². The van der Waals surface area contributed by atoms with E-state index in [4.69, 9.17) is 14.2 Å². The molecule has 1 aromatic rings. The second-order valence-electron chi connectivity index (χ2n) is 4.83. The summed E-state index contributed by atoms with van der Waals surface area (Å²) in [6.45, 7) is 5.56. The highest BCUT2D eigenvalue weighted by Gasteiger charge is 2.21. The molecule has 0 saturated carbocycles. The molecule has 0 amide bonds. The van der Waals surface area contributed by atoms with Crippen LogP contribution in [0.2, 0.25) is 0 Å². The van der Waals surface area contributed by atoms with Crippen molar-refractivity contribution >= 4 is 5.69 Å². The van der Waals surface area contributed by atoms with Gasteiger partial charge in [0.15, 0.2) is 11.5 Å². The van der Waals surface area contributed by atoms with Crippen LogP contribution in [0.3, 0.4) is 0 Å². The fourth-order valence-electron chi connectivity index (χ4n) is 2.32. The average molecular weight is 265 g/mol. The SMILES string of the molecule is CCOc1ccc(NCC2CCC(C)O2)cc1OC. The second-order valence-corrected chi connectivity index (χ2v) is 4.83. The zero-order valence-corrected chi connectivity index (χ0v) is 11.9. The van der Waals surface area contributed by atoms with E-state index in [1.54, 1.807) is 7.11 Å². The van der Waals surface area contributed by atoms with E-state index < -0.39 is 0 Å². The van der Waals surface area contributed by atoms with E-state index in [2.05, 4.69) is 12.2 Å². The Balaban J connectivity index is 1.93.